The number of aromatic amines is 1. The quantitative estimate of drug-likeness (QED) is 0.757. The van der Waals surface area contributed by atoms with Gasteiger partial charge >= 0.3 is 0 Å². The maximum Gasteiger partial charge on any atom is 0.165 e. The highest BCUT2D eigenvalue weighted by molar-refractivity contribution is 5.74. The molecule has 1 aromatic carbocycles. The van der Waals surface area contributed by atoms with E-state index < -0.39 is 0 Å². The summed E-state index contributed by atoms with van der Waals surface area (Å²) >= 11 is 0. The molecule has 1 fully saturated rings. The van der Waals surface area contributed by atoms with E-state index in [9.17, 15) is 0 Å². The number of hydrogen-bond donors (Lipinski definition) is 1. The van der Waals surface area contributed by atoms with Crippen molar-refractivity contribution >= 4 is 11.0 Å². The average Bonchev–Trinajstić information content (AvgIpc) is 3.22. The molecule has 3 heterocycles. The van der Waals surface area contributed by atoms with Crippen LogP contribution in [-0.4, -0.2) is 66.2 Å². The third kappa shape index (κ3) is 3.54. The number of hydrogen-bond acceptors (Lipinski definition) is 6. The van der Waals surface area contributed by atoms with E-state index in [2.05, 4.69) is 55.2 Å². The molecular formula is C17H24N8. The van der Waals surface area contributed by atoms with Gasteiger partial charge in [0.1, 0.15) is 5.82 Å². The molecule has 0 aliphatic carbocycles. The molecule has 1 aliphatic heterocycles. The number of nitrogens with one attached hydrogen (secondary N) is 1. The Morgan fingerprint density at radius 2 is 1.76 bits per heavy atom. The number of imidazole rings is 1. The van der Waals surface area contributed by atoms with Crippen LogP contribution >= 0.6 is 0 Å². The Bertz CT molecular complexity index is 795. The van der Waals surface area contributed by atoms with E-state index in [1.54, 1.807) is 0 Å². The van der Waals surface area contributed by atoms with E-state index in [1.807, 2.05) is 22.9 Å². The van der Waals surface area contributed by atoms with Gasteiger partial charge in [-0.2, -0.15) is 0 Å². The van der Waals surface area contributed by atoms with Gasteiger partial charge in [0.2, 0.25) is 0 Å². The maximum atomic E-state index is 4.68. The standard InChI is InChI=1S/C17H24N8/c1-13(2)25-17(20-21-22-25)12-24-9-7-23(8-10-24)11-16-18-14-5-3-4-6-15(14)19-16/h3-6,13H,7-12H2,1-2H3,(H,18,19). The summed E-state index contributed by atoms with van der Waals surface area (Å²) in [5.74, 6) is 1.99. The maximum absolute atomic E-state index is 4.68. The molecule has 8 nitrogen and oxygen atoms in total. The Kier molecular flexibility index (Phi) is 4.46. The van der Waals surface area contributed by atoms with Gasteiger partial charge in [0, 0.05) is 26.2 Å². The zero-order valence-corrected chi connectivity index (χ0v) is 14.8. The minimum atomic E-state index is 0.291. The topological polar surface area (TPSA) is 78.8 Å². The minimum Gasteiger partial charge on any atom is -0.341 e. The number of para-hydroxylation sites is 2. The molecule has 132 valence electrons. The second-order valence-corrected chi connectivity index (χ2v) is 6.89. The Morgan fingerprint density at radius 1 is 1.04 bits per heavy atom. The lowest BCUT2D eigenvalue weighted by Crippen LogP contribution is -2.45. The Hall–Kier alpha value is -2.32. The number of H-pyrrole nitrogens is 1. The Labute approximate surface area is 146 Å². The first-order valence-electron chi connectivity index (χ1n) is 8.84. The highest BCUT2D eigenvalue weighted by Gasteiger charge is 2.20. The molecule has 0 amide bonds. The van der Waals surface area contributed by atoms with Crippen molar-refractivity contribution in [3.05, 3.63) is 35.9 Å². The van der Waals surface area contributed by atoms with Crippen molar-refractivity contribution in [2.24, 2.45) is 0 Å². The summed E-state index contributed by atoms with van der Waals surface area (Å²) in [4.78, 5) is 13.0. The molecule has 25 heavy (non-hydrogen) atoms. The first kappa shape index (κ1) is 16.2. The summed E-state index contributed by atoms with van der Waals surface area (Å²) in [7, 11) is 0. The number of piperazine rings is 1. The van der Waals surface area contributed by atoms with Gasteiger partial charge in [0.05, 0.1) is 30.2 Å². The van der Waals surface area contributed by atoms with Gasteiger partial charge < -0.3 is 4.98 Å². The molecule has 8 heteroatoms. The summed E-state index contributed by atoms with van der Waals surface area (Å²) in [5, 5.41) is 12.1. The van der Waals surface area contributed by atoms with E-state index in [1.165, 1.54) is 0 Å². The van der Waals surface area contributed by atoms with Crippen LogP contribution in [0, 0.1) is 0 Å². The zero-order valence-electron chi connectivity index (χ0n) is 14.8. The van der Waals surface area contributed by atoms with Gasteiger partial charge in [0.15, 0.2) is 5.82 Å². The molecule has 1 aliphatic rings. The third-order valence-corrected chi connectivity index (χ3v) is 4.69. The fraction of sp³-hybridized carbons (Fsp3) is 0.529. The van der Waals surface area contributed by atoms with E-state index in [4.69, 9.17) is 0 Å². The number of nitrogens with zero attached hydrogens (tertiary/aromatic N) is 7. The molecule has 0 spiro atoms. The first-order valence-corrected chi connectivity index (χ1v) is 8.84. The van der Waals surface area contributed by atoms with Gasteiger partial charge in [-0.3, -0.25) is 9.80 Å². The van der Waals surface area contributed by atoms with Crippen LogP contribution < -0.4 is 0 Å². The third-order valence-electron chi connectivity index (χ3n) is 4.69. The van der Waals surface area contributed by atoms with Crippen LogP contribution in [0.25, 0.3) is 11.0 Å². The van der Waals surface area contributed by atoms with Crippen LogP contribution in [0.3, 0.4) is 0 Å². The fourth-order valence-corrected chi connectivity index (χ4v) is 3.32. The number of fused-ring (bicyclic) bond motifs is 1. The lowest BCUT2D eigenvalue weighted by atomic mass is 10.3. The normalized spacial score (nSPS) is 16.9. The molecule has 0 saturated carbocycles. The van der Waals surface area contributed by atoms with Crippen molar-refractivity contribution in [1.82, 2.24) is 40.0 Å². The van der Waals surface area contributed by atoms with Crippen molar-refractivity contribution in [2.45, 2.75) is 33.0 Å². The van der Waals surface area contributed by atoms with Crippen molar-refractivity contribution in [1.29, 1.82) is 0 Å². The van der Waals surface area contributed by atoms with Gasteiger partial charge in [-0.05, 0) is 36.4 Å². The molecule has 3 aromatic rings. The lowest BCUT2D eigenvalue weighted by Gasteiger charge is -2.33. The predicted octanol–water partition coefficient (Wildman–Crippen LogP) is 1.45. The summed E-state index contributed by atoms with van der Waals surface area (Å²) < 4.78 is 1.90. The fourth-order valence-electron chi connectivity index (χ4n) is 3.32. The molecule has 0 atom stereocenters. The van der Waals surface area contributed by atoms with Crippen molar-refractivity contribution in [3.63, 3.8) is 0 Å². The van der Waals surface area contributed by atoms with Crippen LogP contribution in [0.1, 0.15) is 31.5 Å². The van der Waals surface area contributed by atoms with Crippen LogP contribution in [0.4, 0.5) is 0 Å². The van der Waals surface area contributed by atoms with Gasteiger partial charge in [0.25, 0.3) is 0 Å². The predicted molar refractivity (Wildman–Crippen MR) is 94.8 cm³/mol. The minimum absolute atomic E-state index is 0.291. The summed E-state index contributed by atoms with van der Waals surface area (Å²) in [6, 6.07) is 8.47. The lowest BCUT2D eigenvalue weighted by molar-refractivity contribution is 0.116. The molecule has 1 N–H and O–H groups in total. The van der Waals surface area contributed by atoms with Crippen molar-refractivity contribution < 1.29 is 0 Å². The molecule has 4 rings (SSSR count). The van der Waals surface area contributed by atoms with Crippen molar-refractivity contribution in [3.8, 4) is 0 Å². The largest absolute Gasteiger partial charge is 0.341 e. The van der Waals surface area contributed by atoms with Crippen LogP contribution in [-0.2, 0) is 13.1 Å². The van der Waals surface area contributed by atoms with E-state index >= 15 is 0 Å². The number of aromatic nitrogens is 6. The molecule has 1 saturated heterocycles. The first-order chi connectivity index (χ1) is 12.2. The molecule has 0 bridgehead atoms. The molecule has 0 unspecified atom stereocenters. The SMILES string of the molecule is CC(C)n1nnnc1CN1CCN(Cc2nc3ccccc3[nH]2)CC1. The van der Waals surface area contributed by atoms with Crippen molar-refractivity contribution in [2.75, 3.05) is 26.2 Å². The van der Waals surface area contributed by atoms with Gasteiger partial charge in [-0.1, -0.05) is 12.1 Å². The Morgan fingerprint density at radius 3 is 2.48 bits per heavy atom. The average molecular weight is 340 g/mol. The highest BCUT2D eigenvalue weighted by Crippen LogP contribution is 2.14. The second kappa shape index (κ2) is 6.89. The number of tetrazole rings is 1. The van der Waals surface area contributed by atoms with Crippen LogP contribution in [0.15, 0.2) is 24.3 Å². The van der Waals surface area contributed by atoms with Gasteiger partial charge in [-0.15, -0.1) is 5.10 Å². The summed E-state index contributed by atoms with van der Waals surface area (Å²) in [6.07, 6.45) is 0. The molecule has 2 aromatic heterocycles. The van der Waals surface area contributed by atoms with E-state index in [-0.39, 0.29) is 0 Å². The van der Waals surface area contributed by atoms with Crippen LogP contribution in [0.2, 0.25) is 0 Å². The second-order valence-electron chi connectivity index (χ2n) is 6.89. The molecule has 0 radical (unpaired) electrons. The summed E-state index contributed by atoms with van der Waals surface area (Å²) in [5.41, 5.74) is 2.15. The zero-order chi connectivity index (χ0) is 17.2. The monoisotopic (exact) mass is 340 g/mol. The summed E-state index contributed by atoms with van der Waals surface area (Å²) in [6.45, 7) is 9.98. The highest BCUT2D eigenvalue weighted by atomic mass is 15.6. The van der Waals surface area contributed by atoms with E-state index in [0.29, 0.717) is 6.04 Å². The van der Waals surface area contributed by atoms with Crippen LogP contribution in [0.5, 0.6) is 0 Å². The number of benzene rings is 1. The smallest absolute Gasteiger partial charge is 0.165 e. The number of rotatable bonds is 5. The van der Waals surface area contributed by atoms with E-state index in [0.717, 1.165) is 62.0 Å². The van der Waals surface area contributed by atoms with Gasteiger partial charge in [-0.25, -0.2) is 9.67 Å². The molecular weight excluding hydrogens is 316 g/mol. The Balaban J connectivity index is 1.33.